The third-order valence-electron chi connectivity index (χ3n) is 4.86. The van der Waals surface area contributed by atoms with Crippen molar-refractivity contribution in [3.05, 3.63) is 47.6 Å². The molecule has 24 heavy (non-hydrogen) atoms. The van der Waals surface area contributed by atoms with Gasteiger partial charge in [0.05, 0.1) is 36.8 Å². The van der Waals surface area contributed by atoms with Crippen LogP contribution < -0.4 is 0 Å². The van der Waals surface area contributed by atoms with Crippen LogP contribution in [0.15, 0.2) is 35.0 Å². The van der Waals surface area contributed by atoms with Crippen LogP contribution in [0.4, 0.5) is 0 Å². The van der Waals surface area contributed by atoms with E-state index in [0.717, 1.165) is 49.7 Å². The maximum Gasteiger partial charge on any atom is 0.133 e. The average molecular weight is 329 g/mol. The average Bonchev–Trinajstić information content (AvgIpc) is 3.21. The first kappa shape index (κ1) is 15.7. The molecule has 0 aromatic carbocycles. The van der Waals surface area contributed by atoms with Crippen LogP contribution in [0, 0.1) is 6.92 Å². The molecular weight excluding hydrogens is 306 g/mol. The van der Waals surface area contributed by atoms with E-state index in [1.165, 1.54) is 0 Å². The molecule has 0 unspecified atom stereocenters. The van der Waals surface area contributed by atoms with E-state index in [0.29, 0.717) is 12.6 Å². The second-order valence-electron chi connectivity index (χ2n) is 6.55. The highest BCUT2D eigenvalue weighted by molar-refractivity contribution is 5.06. The van der Waals surface area contributed by atoms with Crippen LogP contribution in [0.5, 0.6) is 0 Å². The predicted octanol–water partition coefficient (Wildman–Crippen LogP) is 2.33. The second kappa shape index (κ2) is 7.01. The van der Waals surface area contributed by atoms with E-state index >= 15 is 0 Å². The lowest BCUT2D eigenvalue weighted by molar-refractivity contribution is -0.119. The molecule has 0 bridgehead atoms. The minimum atomic E-state index is 0.135. The van der Waals surface area contributed by atoms with Crippen LogP contribution in [0.25, 0.3) is 0 Å². The Balaban J connectivity index is 1.37. The summed E-state index contributed by atoms with van der Waals surface area (Å²) in [4.78, 5) is 6.78. The molecule has 0 radical (unpaired) electrons. The number of hydrogen-bond acceptors (Lipinski definition) is 6. The fraction of sp³-hybridized carbons (Fsp3) is 0.556. The van der Waals surface area contributed by atoms with Gasteiger partial charge in [-0.05, 0) is 31.9 Å². The first-order chi connectivity index (χ1) is 11.8. The topological polar surface area (TPSA) is 60.6 Å². The molecule has 1 aliphatic heterocycles. The first-order valence-electron chi connectivity index (χ1n) is 8.59. The Kier molecular flexibility index (Phi) is 4.60. The zero-order chi connectivity index (χ0) is 16.4. The number of aromatic nitrogens is 2. The van der Waals surface area contributed by atoms with E-state index in [4.69, 9.17) is 14.0 Å². The normalized spacial score (nSPS) is 27.3. The van der Waals surface area contributed by atoms with Crippen LogP contribution in [-0.2, 0) is 22.6 Å². The van der Waals surface area contributed by atoms with Gasteiger partial charge in [-0.25, -0.2) is 0 Å². The molecular formula is C18H23N3O3. The van der Waals surface area contributed by atoms with Crippen molar-refractivity contribution in [1.29, 1.82) is 0 Å². The molecule has 1 saturated carbocycles. The Labute approximate surface area is 141 Å². The number of pyridine rings is 1. The lowest BCUT2D eigenvalue weighted by Gasteiger charge is -2.38. The van der Waals surface area contributed by atoms with Crippen molar-refractivity contribution in [3.63, 3.8) is 0 Å². The molecule has 2 aromatic rings. The van der Waals surface area contributed by atoms with Gasteiger partial charge in [-0.1, -0.05) is 11.2 Å². The smallest absolute Gasteiger partial charge is 0.133 e. The van der Waals surface area contributed by atoms with Crippen LogP contribution in [-0.4, -0.2) is 46.4 Å². The molecule has 6 heteroatoms. The Morgan fingerprint density at radius 3 is 3.04 bits per heavy atom. The Morgan fingerprint density at radius 2 is 2.25 bits per heavy atom. The molecule has 0 N–H and O–H groups in total. The zero-order valence-electron chi connectivity index (χ0n) is 13.9. The summed E-state index contributed by atoms with van der Waals surface area (Å²) in [5, 5.41) is 4.12. The van der Waals surface area contributed by atoms with Gasteiger partial charge >= 0.3 is 0 Å². The highest BCUT2D eigenvalue weighted by Crippen LogP contribution is 2.33. The summed E-state index contributed by atoms with van der Waals surface area (Å²) < 4.78 is 17.3. The lowest BCUT2D eigenvalue weighted by atomic mass is 10.1. The third-order valence-corrected chi connectivity index (χ3v) is 4.86. The summed E-state index contributed by atoms with van der Waals surface area (Å²) in [5.74, 6) is 0.859. The van der Waals surface area contributed by atoms with E-state index in [1.54, 1.807) is 6.20 Å². The molecule has 2 aromatic heterocycles. The summed E-state index contributed by atoms with van der Waals surface area (Å²) in [5.41, 5.74) is 1.96. The second-order valence-corrected chi connectivity index (χ2v) is 6.55. The molecule has 128 valence electrons. The number of rotatable bonds is 5. The van der Waals surface area contributed by atoms with E-state index in [-0.39, 0.29) is 12.2 Å². The van der Waals surface area contributed by atoms with Crippen LogP contribution >= 0.6 is 0 Å². The first-order valence-corrected chi connectivity index (χ1v) is 8.59. The summed E-state index contributed by atoms with van der Waals surface area (Å²) in [7, 11) is 0. The Morgan fingerprint density at radius 1 is 1.29 bits per heavy atom. The van der Waals surface area contributed by atoms with Crippen molar-refractivity contribution in [1.82, 2.24) is 15.0 Å². The van der Waals surface area contributed by atoms with Gasteiger partial charge in [0.1, 0.15) is 5.76 Å². The minimum Gasteiger partial charge on any atom is -0.373 e. The van der Waals surface area contributed by atoms with Crippen molar-refractivity contribution in [2.24, 2.45) is 0 Å². The van der Waals surface area contributed by atoms with Crippen molar-refractivity contribution < 1.29 is 14.0 Å². The molecule has 1 saturated heterocycles. The molecule has 1 aliphatic carbocycles. The summed E-state index contributed by atoms with van der Waals surface area (Å²) in [6, 6.07) is 8.30. The van der Waals surface area contributed by atoms with Crippen molar-refractivity contribution in [2.45, 2.75) is 51.2 Å². The van der Waals surface area contributed by atoms with Gasteiger partial charge in [-0.2, -0.15) is 0 Å². The standard InChI is InChI=1S/C18H23N3O3/c1-13-10-15(20-24-13)11-21-8-9-22-18-16(21)5-6-17(18)23-12-14-4-2-3-7-19-14/h2-4,7,10,16-18H,5-6,8-9,11-12H2,1H3/t16-,17-,18+/m1/s1. The van der Waals surface area contributed by atoms with Gasteiger partial charge in [0.2, 0.25) is 0 Å². The zero-order valence-corrected chi connectivity index (χ0v) is 13.9. The van der Waals surface area contributed by atoms with Crippen molar-refractivity contribution >= 4 is 0 Å². The number of fused-ring (bicyclic) bond motifs is 1. The molecule has 6 nitrogen and oxygen atoms in total. The maximum atomic E-state index is 6.11. The van der Waals surface area contributed by atoms with Crippen molar-refractivity contribution in [3.8, 4) is 0 Å². The van der Waals surface area contributed by atoms with Crippen LogP contribution in [0.1, 0.15) is 30.0 Å². The van der Waals surface area contributed by atoms with E-state index in [2.05, 4.69) is 15.0 Å². The molecule has 3 heterocycles. The quantitative estimate of drug-likeness (QED) is 0.839. The summed E-state index contributed by atoms with van der Waals surface area (Å²) in [6.07, 6.45) is 4.19. The Bertz CT molecular complexity index is 661. The van der Waals surface area contributed by atoms with Gasteiger partial charge < -0.3 is 14.0 Å². The number of morpholine rings is 1. The molecule has 2 fully saturated rings. The highest BCUT2D eigenvalue weighted by Gasteiger charge is 2.43. The van der Waals surface area contributed by atoms with E-state index in [1.807, 2.05) is 31.2 Å². The number of hydrogen-bond donors (Lipinski definition) is 0. The minimum absolute atomic E-state index is 0.135. The monoisotopic (exact) mass is 329 g/mol. The summed E-state index contributed by atoms with van der Waals surface area (Å²) in [6.45, 7) is 4.95. The number of ether oxygens (including phenoxy) is 2. The van der Waals surface area contributed by atoms with Gasteiger partial charge in [0, 0.05) is 31.4 Å². The van der Waals surface area contributed by atoms with Gasteiger partial charge in [0.25, 0.3) is 0 Å². The van der Waals surface area contributed by atoms with E-state index in [9.17, 15) is 0 Å². The highest BCUT2D eigenvalue weighted by atomic mass is 16.5. The maximum absolute atomic E-state index is 6.11. The van der Waals surface area contributed by atoms with E-state index < -0.39 is 0 Å². The Hall–Kier alpha value is -1.76. The predicted molar refractivity (Wildman–Crippen MR) is 87.2 cm³/mol. The summed E-state index contributed by atoms with van der Waals surface area (Å²) >= 11 is 0. The SMILES string of the molecule is Cc1cc(CN2CCO[C@H]3[C@H]2CC[C@H]3OCc2ccccn2)no1. The molecule has 3 atom stereocenters. The molecule has 2 aliphatic rings. The van der Waals surface area contributed by atoms with Crippen LogP contribution in [0.2, 0.25) is 0 Å². The fourth-order valence-corrected chi connectivity index (χ4v) is 3.74. The number of aryl methyl sites for hydroxylation is 1. The van der Waals surface area contributed by atoms with Crippen molar-refractivity contribution in [2.75, 3.05) is 13.2 Å². The van der Waals surface area contributed by atoms with Gasteiger partial charge in [-0.15, -0.1) is 0 Å². The lowest BCUT2D eigenvalue weighted by Crippen LogP contribution is -2.51. The third kappa shape index (κ3) is 3.36. The van der Waals surface area contributed by atoms with Gasteiger partial charge in [-0.3, -0.25) is 9.88 Å². The molecule has 4 rings (SSSR count). The van der Waals surface area contributed by atoms with Gasteiger partial charge in [0.15, 0.2) is 0 Å². The number of nitrogens with zero attached hydrogens (tertiary/aromatic N) is 3. The largest absolute Gasteiger partial charge is 0.373 e. The molecule has 0 spiro atoms. The fourth-order valence-electron chi connectivity index (χ4n) is 3.74. The van der Waals surface area contributed by atoms with Crippen LogP contribution in [0.3, 0.4) is 0 Å². The molecule has 0 amide bonds.